The number of nitrogens with zero attached hydrogens (tertiary/aromatic N) is 2. The second kappa shape index (κ2) is 12.5. The largest absolute Gasteiger partial charge is 0.495 e. The molecule has 3 aromatic carbocycles. The Kier molecular flexibility index (Phi) is 8.68. The lowest BCUT2D eigenvalue weighted by molar-refractivity contribution is 0.0858. The normalized spacial score (nSPS) is 17.1. The SMILES string of the molecule is COc1ccccc1N1CCN(c2ccc(NC(=O)c3ccc(Br)cc3)cc2C(=O)NC[C@H]2CCCO2)CC1. The van der Waals surface area contributed by atoms with Gasteiger partial charge in [-0.25, -0.2) is 0 Å². The van der Waals surface area contributed by atoms with Crippen LogP contribution in [0.4, 0.5) is 17.1 Å². The number of hydrogen-bond acceptors (Lipinski definition) is 6. The maximum Gasteiger partial charge on any atom is 0.255 e. The molecule has 0 aliphatic carbocycles. The molecule has 0 saturated carbocycles. The maximum atomic E-state index is 13.4. The van der Waals surface area contributed by atoms with Gasteiger partial charge in [0, 0.05) is 60.7 Å². The minimum atomic E-state index is -0.230. The van der Waals surface area contributed by atoms with E-state index in [1.165, 1.54) is 0 Å². The van der Waals surface area contributed by atoms with Crippen LogP contribution in [0.2, 0.25) is 0 Å². The van der Waals surface area contributed by atoms with Crippen molar-refractivity contribution in [2.75, 3.05) is 61.6 Å². The number of para-hydroxylation sites is 2. The first-order chi connectivity index (χ1) is 19.0. The van der Waals surface area contributed by atoms with Gasteiger partial charge in [0.05, 0.1) is 24.5 Å². The van der Waals surface area contributed by atoms with Crippen molar-refractivity contribution in [3.8, 4) is 5.75 Å². The van der Waals surface area contributed by atoms with Gasteiger partial charge in [-0.2, -0.15) is 0 Å². The molecule has 2 amide bonds. The summed E-state index contributed by atoms with van der Waals surface area (Å²) in [5, 5.41) is 6.00. The Morgan fingerprint density at radius 1 is 0.949 bits per heavy atom. The van der Waals surface area contributed by atoms with E-state index in [1.54, 1.807) is 25.3 Å². The van der Waals surface area contributed by atoms with Gasteiger partial charge in [-0.3, -0.25) is 9.59 Å². The Balaban J connectivity index is 1.34. The minimum Gasteiger partial charge on any atom is -0.495 e. The molecule has 9 heteroatoms. The molecule has 2 fully saturated rings. The first-order valence-electron chi connectivity index (χ1n) is 13.3. The number of benzene rings is 3. The topological polar surface area (TPSA) is 83.1 Å². The van der Waals surface area contributed by atoms with E-state index in [9.17, 15) is 9.59 Å². The lowest BCUT2D eigenvalue weighted by Crippen LogP contribution is -2.47. The van der Waals surface area contributed by atoms with E-state index in [0.717, 1.165) is 67.2 Å². The lowest BCUT2D eigenvalue weighted by atomic mass is 10.1. The van der Waals surface area contributed by atoms with Crippen molar-refractivity contribution in [3.05, 3.63) is 82.3 Å². The highest BCUT2D eigenvalue weighted by Crippen LogP contribution is 2.31. The molecule has 0 unspecified atom stereocenters. The van der Waals surface area contributed by atoms with Crippen molar-refractivity contribution >= 4 is 44.8 Å². The predicted molar refractivity (Wildman–Crippen MR) is 157 cm³/mol. The number of methoxy groups -OCH3 is 1. The van der Waals surface area contributed by atoms with Crippen molar-refractivity contribution in [3.63, 3.8) is 0 Å². The summed E-state index contributed by atoms with van der Waals surface area (Å²) in [7, 11) is 1.69. The Morgan fingerprint density at radius 3 is 2.36 bits per heavy atom. The van der Waals surface area contributed by atoms with Gasteiger partial charge in [-0.05, 0) is 67.4 Å². The highest BCUT2D eigenvalue weighted by molar-refractivity contribution is 9.10. The zero-order chi connectivity index (χ0) is 27.2. The summed E-state index contributed by atoms with van der Waals surface area (Å²) in [6.45, 7) is 4.28. The molecule has 3 aromatic rings. The van der Waals surface area contributed by atoms with Crippen LogP contribution in [0.3, 0.4) is 0 Å². The van der Waals surface area contributed by atoms with Gasteiger partial charge in [0.25, 0.3) is 11.8 Å². The van der Waals surface area contributed by atoms with Gasteiger partial charge in [-0.1, -0.05) is 28.1 Å². The van der Waals surface area contributed by atoms with Gasteiger partial charge in [-0.15, -0.1) is 0 Å². The van der Waals surface area contributed by atoms with Gasteiger partial charge in [0.2, 0.25) is 0 Å². The predicted octanol–water partition coefficient (Wildman–Crippen LogP) is 4.95. The van der Waals surface area contributed by atoms with E-state index in [-0.39, 0.29) is 17.9 Å². The summed E-state index contributed by atoms with van der Waals surface area (Å²) in [5.41, 5.74) is 3.56. The molecule has 5 rings (SSSR count). The van der Waals surface area contributed by atoms with Gasteiger partial charge < -0.3 is 29.9 Å². The molecule has 2 N–H and O–H groups in total. The second-order valence-electron chi connectivity index (χ2n) is 9.68. The number of piperazine rings is 1. The number of ether oxygens (including phenoxy) is 2. The fourth-order valence-corrected chi connectivity index (χ4v) is 5.33. The first-order valence-corrected chi connectivity index (χ1v) is 14.0. The molecule has 39 heavy (non-hydrogen) atoms. The van der Waals surface area contributed by atoms with E-state index in [2.05, 4.69) is 42.4 Å². The third-order valence-corrected chi connectivity index (χ3v) is 7.69. The Hall–Kier alpha value is -3.56. The van der Waals surface area contributed by atoms with Crippen molar-refractivity contribution in [2.24, 2.45) is 0 Å². The van der Waals surface area contributed by atoms with Crippen LogP contribution in [-0.4, -0.2) is 64.4 Å². The smallest absolute Gasteiger partial charge is 0.255 e. The molecule has 2 heterocycles. The highest BCUT2D eigenvalue weighted by atomic mass is 79.9. The molecule has 8 nitrogen and oxygen atoms in total. The van der Waals surface area contributed by atoms with Gasteiger partial charge in [0.1, 0.15) is 5.75 Å². The van der Waals surface area contributed by atoms with Crippen LogP contribution in [-0.2, 0) is 4.74 Å². The van der Waals surface area contributed by atoms with E-state index in [1.807, 2.05) is 42.5 Å². The average Bonchev–Trinajstić information content (AvgIpc) is 3.50. The molecule has 2 saturated heterocycles. The van der Waals surface area contributed by atoms with Crippen molar-refractivity contribution in [2.45, 2.75) is 18.9 Å². The average molecular weight is 594 g/mol. The van der Waals surface area contributed by atoms with E-state index in [0.29, 0.717) is 23.4 Å². The summed E-state index contributed by atoms with van der Waals surface area (Å²) >= 11 is 3.40. The van der Waals surface area contributed by atoms with Crippen LogP contribution in [0.1, 0.15) is 33.6 Å². The summed E-state index contributed by atoms with van der Waals surface area (Å²) in [6, 6.07) is 20.7. The fourth-order valence-electron chi connectivity index (χ4n) is 5.06. The molecule has 0 aromatic heterocycles. The molecular formula is C30H33BrN4O4. The molecule has 204 valence electrons. The third-order valence-electron chi connectivity index (χ3n) is 7.17. The Morgan fingerprint density at radius 2 is 1.67 bits per heavy atom. The van der Waals surface area contributed by atoms with Crippen molar-refractivity contribution in [1.82, 2.24) is 5.32 Å². The van der Waals surface area contributed by atoms with E-state index < -0.39 is 0 Å². The number of carbonyl (C=O) groups is 2. The number of amides is 2. The molecule has 1 atom stereocenters. The number of halogens is 1. The van der Waals surface area contributed by atoms with Crippen LogP contribution < -0.4 is 25.2 Å². The van der Waals surface area contributed by atoms with Crippen molar-refractivity contribution in [1.29, 1.82) is 0 Å². The number of carbonyl (C=O) groups excluding carboxylic acids is 2. The molecule has 0 bridgehead atoms. The molecule has 2 aliphatic heterocycles. The third kappa shape index (κ3) is 6.54. The summed E-state index contributed by atoms with van der Waals surface area (Å²) in [4.78, 5) is 30.8. The zero-order valence-electron chi connectivity index (χ0n) is 22.0. The maximum absolute atomic E-state index is 13.4. The first kappa shape index (κ1) is 27.0. The van der Waals surface area contributed by atoms with Gasteiger partial charge >= 0.3 is 0 Å². The molecule has 2 aliphatic rings. The highest BCUT2D eigenvalue weighted by Gasteiger charge is 2.25. The van der Waals surface area contributed by atoms with Crippen molar-refractivity contribution < 1.29 is 19.1 Å². The summed E-state index contributed by atoms with van der Waals surface area (Å²) in [5.74, 6) is 0.449. The van der Waals surface area contributed by atoms with Crippen LogP contribution >= 0.6 is 15.9 Å². The minimum absolute atomic E-state index is 0.0436. The quantitative estimate of drug-likeness (QED) is 0.385. The van der Waals surface area contributed by atoms with Crippen LogP contribution in [0.15, 0.2) is 71.2 Å². The number of anilines is 3. The van der Waals surface area contributed by atoms with Crippen LogP contribution in [0.5, 0.6) is 5.75 Å². The van der Waals surface area contributed by atoms with Crippen LogP contribution in [0, 0.1) is 0 Å². The number of rotatable bonds is 8. The summed E-state index contributed by atoms with van der Waals surface area (Å²) < 4.78 is 12.2. The fraction of sp³-hybridized carbons (Fsp3) is 0.333. The second-order valence-corrected chi connectivity index (χ2v) is 10.6. The standard InChI is InChI=1S/C30H33BrN4O4/c1-38-28-7-3-2-6-27(28)35-16-14-34(15-17-35)26-13-12-23(33-29(36)21-8-10-22(31)11-9-21)19-25(26)30(37)32-20-24-5-4-18-39-24/h2-3,6-13,19,24H,4-5,14-18,20H2,1H3,(H,32,37)(H,33,36)/t24-/m1/s1. The molecule has 0 spiro atoms. The van der Waals surface area contributed by atoms with E-state index >= 15 is 0 Å². The van der Waals surface area contributed by atoms with Gasteiger partial charge in [0.15, 0.2) is 0 Å². The monoisotopic (exact) mass is 592 g/mol. The zero-order valence-corrected chi connectivity index (χ0v) is 23.6. The Bertz CT molecular complexity index is 1300. The van der Waals surface area contributed by atoms with E-state index in [4.69, 9.17) is 9.47 Å². The molecule has 0 radical (unpaired) electrons. The number of hydrogen-bond donors (Lipinski definition) is 2. The summed E-state index contributed by atoms with van der Waals surface area (Å²) in [6.07, 6.45) is 2.00. The number of nitrogens with one attached hydrogen (secondary N) is 2. The lowest BCUT2D eigenvalue weighted by Gasteiger charge is -2.38. The molecular weight excluding hydrogens is 560 g/mol. The Labute approximate surface area is 237 Å². The van der Waals surface area contributed by atoms with Crippen LogP contribution in [0.25, 0.3) is 0 Å².